The first-order chi connectivity index (χ1) is 9.24. The molecule has 1 aromatic rings. The Morgan fingerprint density at radius 1 is 1.55 bits per heavy atom. The van der Waals surface area contributed by atoms with Crippen molar-refractivity contribution in [2.24, 2.45) is 0 Å². The number of hydrogen-bond donors (Lipinski definition) is 2. The minimum Gasteiger partial charge on any atom is -0.370 e. The summed E-state index contributed by atoms with van der Waals surface area (Å²) in [6, 6.07) is 1.68. The molecule has 1 aliphatic heterocycles. The van der Waals surface area contributed by atoms with E-state index in [2.05, 4.69) is 10.3 Å². The van der Waals surface area contributed by atoms with Crippen molar-refractivity contribution in [2.45, 2.75) is 43.9 Å². The molecule has 0 saturated carbocycles. The Morgan fingerprint density at radius 3 is 2.85 bits per heavy atom. The summed E-state index contributed by atoms with van der Waals surface area (Å²) in [6.07, 6.45) is 1.44. The highest BCUT2D eigenvalue weighted by atomic mass is 32.2. The van der Waals surface area contributed by atoms with Gasteiger partial charge in [-0.2, -0.15) is 4.31 Å². The molecule has 2 N–H and O–H groups in total. The molecule has 0 bridgehead atoms. The number of aromatic amines is 1. The fraction of sp³-hybridized carbons (Fsp3) is 0.692. The standard InChI is InChI=1S/C13H23N3O3S/c1-10-8-16(9-13(2,3)19-10)20(17,18)12-5-11(6-14-4)15-7-12/h5,7,10,14-15H,6,8-9H2,1-4H3. The smallest absolute Gasteiger partial charge is 0.244 e. The van der Waals surface area contributed by atoms with Gasteiger partial charge in [0.05, 0.1) is 16.6 Å². The number of hydrogen-bond acceptors (Lipinski definition) is 4. The lowest BCUT2D eigenvalue weighted by Gasteiger charge is -2.40. The third-order valence-electron chi connectivity index (χ3n) is 3.26. The van der Waals surface area contributed by atoms with Gasteiger partial charge in [0.2, 0.25) is 10.0 Å². The summed E-state index contributed by atoms with van der Waals surface area (Å²) >= 11 is 0. The summed E-state index contributed by atoms with van der Waals surface area (Å²) in [5.41, 5.74) is 0.390. The molecule has 0 spiro atoms. The maximum Gasteiger partial charge on any atom is 0.244 e. The first-order valence-corrected chi connectivity index (χ1v) is 8.18. The predicted molar refractivity (Wildman–Crippen MR) is 76.9 cm³/mol. The van der Waals surface area contributed by atoms with Crippen molar-refractivity contribution in [3.05, 3.63) is 18.0 Å². The molecule has 2 rings (SSSR count). The van der Waals surface area contributed by atoms with E-state index in [1.807, 2.05) is 27.8 Å². The number of ether oxygens (including phenoxy) is 1. The lowest BCUT2D eigenvalue weighted by molar-refractivity contribution is -0.109. The Bertz CT molecular complexity index is 565. The molecule has 0 aromatic carbocycles. The molecule has 20 heavy (non-hydrogen) atoms. The van der Waals surface area contributed by atoms with Crippen LogP contribution in [0.15, 0.2) is 17.2 Å². The molecule has 0 radical (unpaired) electrons. The van der Waals surface area contributed by atoms with Crippen LogP contribution in [0.3, 0.4) is 0 Å². The van der Waals surface area contributed by atoms with E-state index in [9.17, 15) is 8.42 Å². The van der Waals surface area contributed by atoms with Crippen LogP contribution in [0, 0.1) is 0 Å². The fourth-order valence-electron chi connectivity index (χ4n) is 2.59. The maximum absolute atomic E-state index is 12.7. The molecule has 0 aliphatic carbocycles. The molecular weight excluding hydrogens is 278 g/mol. The Kier molecular flexibility index (Phi) is 4.24. The minimum atomic E-state index is -3.47. The molecule has 2 heterocycles. The van der Waals surface area contributed by atoms with Crippen LogP contribution in [-0.2, 0) is 21.3 Å². The van der Waals surface area contributed by atoms with Gasteiger partial charge < -0.3 is 15.0 Å². The summed E-state index contributed by atoms with van der Waals surface area (Å²) in [5.74, 6) is 0. The number of aromatic nitrogens is 1. The zero-order chi connectivity index (χ0) is 15.0. The Morgan fingerprint density at radius 2 is 2.25 bits per heavy atom. The van der Waals surface area contributed by atoms with Crippen LogP contribution in [0.5, 0.6) is 0 Å². The highest BCUT2D eigenvalue weighted by molar-refractivity contribution is 7.89. The van der Waals surface area contributed by atoms with Gasteiger partial charge >= 0.3 is 0 Å². The molecule has 1 unspecified atom stereocenters. The van der Waals surface area contributed by atoms with Crippen LogP contribution in [0.25, 0.3) is 0 Å². The summed E-state index contributed by atoms with van der Waals surface area (Å²) in [4.78, 5) is 3.30. The quantitative estimate of drug-likeness (QED) is 0.867. The van der Waals surface area contributed by atoms with Crippen molar-refractivity contribution in [3.8, 4) is 0 Å². The fourth-order valence-corrected chi connectivity index (χ4v) is 4.27. The molecule has 1 fully saturated rings. The zero-order valence-electron chi connectivity index (χ0n) is 12.4. The number of rotatable bonds is 4. The van der Waals surface area contributed by atoms with Gasteiger partial charge in [-0.25, -0.2) is 8.42 Å². The highest BCUT2D eigenvalue weighted by Crippen LogP contribution is 2.26. The van der Waals surface area contributed by atoms with E-state index in [1.165, 1.54) is 4.31 Å². The molecule has 1 aliphatic rings. The van der Waals surface area contributed by atoms with Crippen molar-refractivity contribution in [1.29, 1.82) is 0 Å². The lowest BCUT2D eigenvalue weighted by atomic mass is 10.1. The van der Waals surface area contributed by atoms with Crippen LogP contribution in [-0.4, -0.2) is 49.5 Å². The second-order valence-corrected chi connectivity index (χ2v) is 7.81. The van der Waals surface area contributed by atoms with Crippen LogP contribution in [0.2, 0.25) is 0 Å². The third-order valence-corrected chi connectivity index (χ3v) is 5.05. The molecule has 114 valence electrons. The number of nitrogens with one attached hydrogen (secondary N) is 2. The second-order valence-electron chi connectivity index (χ2n) is 5.88. The summed E-state index contributed by atoms with van der Waals surface area (Å²) in [6.45, 7) is 7.08. The topological polar surface area (TPSA) is 74.4 Å². The van der Waals surface area contributed by atoms with Crippen molar-refractivity contribution in [2.75, 3.05) is 20.1 Å². The van der Waals surface area contributed by atoms with E-state index >= 15 is 0 Å². The normalized spacial score (nSPS) is 23.9. The Labute approximate surface area is 120 Å². The van der Waals surface area contributed by atoms with Gasteiger partial charge in [0.25, 0.3) is 0 Å². The van der Waals surface area contributed by atoms with Crippen LogP contribution < -0.4 is 5.32 Å². The van der Waals surface area contributed by atoms with Gasteiger partial charge in [-0.3, -0.25) is 0 Å². The Balaban J connectivity index is 2.24. The van der Waals surface area contributed by atoms with E-state index in [0.29, 0.717) is 24.5 Å². The Hall–Kier alpha value is -0.890. The first-order valence-electron chi connectivity index (χ1n) is 6.74. The average Bonchev–Trinajstić information content (AvgIpc) is 2.76. The predicted octanol–water partition coefficient (Wildman–Crippen LogP) is 0.922. The molecule has 1 aromatic heterocycles. The molecule has 1 atom stereocenters. The lowest BCUT2D eigenvalue weighted by Crippen LogP contribution is -2.53. The van der Waals surface area contributed by atoms with Crippen LogP contribution >= 0.6 is 0 Å². The summed E-state index contributed by atoms with van der Waals surface area (Å²) < 4.78 is 32.6. The average molecular weight is 301 g/mol. The number of nitrogens with zero attached hydrogens (tertiary/aromatic N) is 1. The van der Waals surface area contributed by atoms with Crippen LogP contribution in [0.4, 0.5) is 0 Å². The minimum absolute atomic E-state index is 0.107. The molecule has 1 saturated heterocycles. The highest BCUT2D eigenvalue weighted by Gasteiger charge is 2.38. The van der Waals surface area contributed by atoms with E-state index in [0.717, 1.165) is 5.69 Å². The zero-order valence-corrected chi connectivity index (χ0v) is 13.3. The van der Waals surface area contributed by atoms with E-state index < -0.39 is 15.6 Å². The molecule has 6 nitrogen and oxygen atoms in total. The molecular formula is C13H23N3O3S. The van der Waals surface area contributed by atoms with E-state index in [1.54, 1.807) is 12.3 Å². The summed E-state index contributed by atoms with van der Waals surface area (Å²) in [7, 11) is -1.65. The van der Waals surface area contributed by atoms with Gasteiger partial charge in [-0.15, -0.1) is 0 Å². The molecule has 7 heteroatoms. The van der Waals surface area contributed by atoms with Crippen molar-refractivity contribution >= 4 is 10.0 Å². The van der Waals surface area contributed by atoms with Crippen LogP contribution in [0.1, 0.15) is 26.5 Å². The van der Waals surface area contributed by atoms with Gasteiger partial charge in [-0.05, 0) is 33.9 Å². The van der Waals surface area contributed by atoms with E-state index in [4.69, 9.17) is 4.74 Å². The van der Waals surface area contributed by atoms with Gasteiger partial charge in [0.15, 0.2) is 0 Å². The van der Waals surface area contributed by atoms with Gasteiger partial charge in [-0.1, -0.05) is 0 Å². The maximum atomic E-state index is 12.7. The van der Waals surface area contributed by atoms with Gasteiger partial charge in [0, 0.05) is 31.5 Å². The van der Waals surface area contributed by atoms with Crippen molar-refractivity contribution in [3.63, 3.8) is 0 Å². The number of morpholine rings is 1. The number of sulfonamides is 1. The SMILES string of the molecule is CNCc1cc(S(=O)(=O)N2CC(C)OC(C)(C)C2)c[nH]1. The largest absolute Gasteiger partial charge is 0.370 e. The third kappa shape index (κ3) is 3.22. The molecule has 0 amide bonds. The monoisotopic (exact) mass is 301 g/mol. The van der Waals surface area contributed by atoms with E-state index in [-0.39, 0.29) is 6.10 Å². The van der Waals surface area contributed by atoms with Gasteiger partial charge in [0.1, 0.15) is 0 Å². The van der Waals surface area contributed by atoms with Crippen molar-refractivity contribution in [1.82, 2.24) is 14.6 Å². The summed E-state index contributed by atoms with van der Waals surface area (Å²) in [5, 5.41) is 2.99. The number of H-pyrrole nitrogens is 1. The second kappa shape index (κ2) is 5.48. The van der Waals surface area contributed by atoms with Crippen molar-refractivity contribution < 1.29 is 13.2 Å². The first kappa shape index (κ1) is 15.5.